The van der Waals surface area contributed by atoms with Gasteiger partial charge in [0.25, 0.3) is 0 Å². The van der Waals surface area contributed by atoms with Gasteiger partial charge in [-0.15, -0.1) is 0 Å². The van der Waals surface area contributed by atoms with Crippen molar-refractivity contribution in [3.8, 4) is 0 Å². The SMILES string of the molecule is C[C@]1(c2ccccc2)CC2C(Br)=CC1C(=O)[C@]21CO1. The second-order valence-electron chi connectivity index (χ2n) is 6.11. The van der Waals surface area contributed by atoms with E-state index in [4.69, 9.17) is 4.74 Å². The first-order valence-electron chi connectivity index (χ1n) is 6.69. The number of hydrogen-bond acceptors (Lipinski definition) is 2. The van der Waals surface area contributed by atoms with Gasteiger partial charge in [-0.05, 0) is 16.5 Å². The van der Waals surface area contributed by atoms with E-state index < -0.39 is 5.60 Å². The number of benzene rings is 1. The van der Waals surface area contributed by atoms with Gasteiger partial charge in [-0.2, -0.15) is 0 Å². The van der Waals surface area contributed by atoms with E-state index in [1.54, 1.807) is 0 Å². The minimum Gasteiger partial charge on any atom is -0.361 e. The number of ether oxygens (including phenoxy) is 1. The Hall–Kier alpha value is -0.930. The third-order valence-corrected chi connectivity index (χ3v) is 5.94. The fourth-order valence-corrected chi connectivity index (χ4v) is 4.63. The molecule has 4 aliphatic rings. The van der Waals surface area contributed by atoms with Gasteiger partial charge in [0.05, 0.1) is 6.61 Å². The molecule has 2 bridgehead atoms. The van der Waals surface area contributed by atoms with Crippen molar-refractivity contribution in [1.82, 2.24) is 0 Å². The molecule has 1 aromatic carbocycles. The van der Waals surface area contributed by atoms with Gasteiger partial charge < -0.3 is 4.74 Å². The largest absolute Gasteiger partial charge is 0.361 e. The van der Waals surface area contributed by atoms with Crippen LogP contribution in [-0.2, 0) is 14.9 Å². The zero-order chi connectivity index (χ0) is 13.3. The predicted molar refractivity (Wildman–Crippen MR) is 76.1 cm³/mol. The van der Waals surface area contributed by atoms with Crippen molar-refractivity contribution in [3.05, 3.63) is 46.5 Å². The molecule has 98 valence electrons. The topological polar surface area (TPSA) is 29.6 Å². The normalized spacial score (nSPS) is 43.5. The van der Waals surface area contributed by atoms with Crippen molar-refractivity contribution in [1.29, 1.82) is 0 Å². The average Bonchev–Trinajstić information content (AvgIpc) is 3.21. The van der Waals surface area contributed by atoms with Crippen LogP contribution in [0.4, 0.5) is 0 Å². The third kappa shape index (κ3) is 1.38. The number of fused-ring (bicyclic) bond motifs is 1. The lowest BCUT2D eigenvalue weighted by Gasteiger charge is -2.49. The van der Waals surface area contributed by atoms with Gasteiger partial charge in [-0.1, -0.05) is 59.3 Å². The maximum Gasteiger partial charge on any atom is 0.175 e. The fourth-order valence-electron chi connectivity index (χ4n) is 3.83. The first kappa shape index (κ1) is 11.9. The van der Waals surface area contributed by atoms with E-state index in [0.29, 0.717) is 6.61 Å². The van der Waals surface area contributed by atoms with Crippen LogP contribution in [-0.4, -0.2) is 18.0 Å². The summed E-state index contributed by atoms with van der Waals surface area (Å²) in [4.78, 5) is 12.7. The zero-order valence-electron chi connectivity index (χ0n) is 10.7. The van der Waals surface area contributed by atoms with Gasteiger partial charge in [-0.3, -0.25) is 4.79 Å². The molecule has 0 amide bonds. The summed E-state index contributed by atoms with van der Waals surface area (Å²) in [7, 11) is 0. The van der Waals surface area contributed by atoms with E-state index in [1.165, 1.54) is 5.56 Å². The van der Waals surface area contributed by atoms with Crippen molar-refractivity contribution in [3.63, 3.8) is 0 Å². The molecule has 1 heterocycles. The summed E-state index contributed by atoms with van der Waals surface area (Å²) >= 11 is 3.64. The number of ketones is 1. The van der Waals surface area contributed by atoms with E-state index in [2.05, 4.69) is 53.2 Å². The Bertz CT molecular complexity index is 588. The highest BCUT2D eigenvalue weighted by molar-refractivity contribution is 9.11. The molecule has 2 unspecified atom stereocenters. The van der Waals surface area contributed by atoms with Crippen LogP contribution in [0.5, 0.6) is 0 Å². The van der Waals surface area contributed by atoms with Crippen LogP contribution < -0.4 is 0 Å². The van der Waals surface area contributed by atoms with Crippen LogP contribution >= 0.6 is 15.9 Å². The van der Waals surface area contributed by atoms with Gasteiger partial charge in [-0.25, -0.2) is 0 Å². The molecule has 2 fully saturated rings. The Morgan fingerprint density at radius 1 is 1.32 bits per heavy atom. The quantitative estimate of drug-likeness (QED) is 0.744. The summed E-state index contributed by atoms with van der Waals surface area (Å²) in [6.45, 7) is 2.81. The molecule has 4 atom stereocenters. The van der Waals surface area contributed by atoms with Gasteiger partial charge >= 0.3 is 0 Å². The third-order valence-electron chi connectivity index (χ3n) is 5.12. The van der Waals surface area contributed by atoms with Crippen molar-refractivity contribution in [2.45, 2.75) is 24.4 Å². The monoisotopic (exact) mass is 318 g/mol. The molecule has 3 aliphatic carbocycles. The molecule has 3 heteroatoms. The van der Waals surface area contributed by atoms with Crippen molar-refractivity contribution >= 4 is 21.7 Å². The number of halogens is 1. The molecule has 1 spiro atoms. The Morgan fingerprint density at radius 2 is 2.00 bits per heavy atom. The summed E-state index contributed by atoms with van der Waals surface area (Å²) in [6, 6.07) is 10.4. The number of Topliss-reactive ketones (excluding diaryl/α,β-unsaturated/α-hetero) is 1. The molecule has 1 saturated carbocycles. The van der Waals surface area contributed by atoms with Crippen LogP contribution in [0.25, 0.3) is 0 Å². The second kappa shape index (κ2) is 3.58. The van der Waals surface area contributed by atoms with Gasteiger partial charge in [0, 0.05) is 17.3 Å². The molecular weight excluding hydrogens is 304 g/mol. The van der Waals surface area contributed by atoms with E-state index in [1.807, 2.05) is 6.07 Å². The first-order chi connectivity index (χ1) is 9.08. The number of epoxide rings is 1. The Morgan fingerprint density at radius 3 is 2.63 bits per heavy atom. The van der Waals surface area contributed by atoms with Gasteiger partial charge in [0.2, 0.25) is 0 Å². The number of allylic oxidation sites excluding steroid dienone is 1. The number of rotatable bonds is 1. The Balaban J connectivity index is 1.85. The summed E-state index contributed by atoms with van der Waals surface area (Å²) in [6.07, 6.45) is 3.08. The highest BCUT2D eigenvalue weighted by Gasteiger charge is 2.69. The summed E-state index contributed by atoms with van der Waals surface area (Å²) in [5.41, 5.74) is 0.661. The van der Waals surface area contributed by atoms with E-state index in [0.717, 1.165) is 10.9 Å². The van der Waals surface area contributed by atoms with Gasteiger partial charge in [0.15, 0.2) is 11.4 Å². The molecular formula is C16H15BrO2. The van der Waals surface area contributed by atoms with E-state index in [-0.39, 0.29) is 23.0 Å². The van der Waals surface area contributed by atoms with Crippen LogP contribution in [0.15, 0.2) is 40.9 Å². The summed E-state index contributed by atoms with van der Waals surface area (Å²) in [5, 5.41) is 0. The zero-order valence-corrected chi connectivity index (χ0v) is 12.3. The van der Waals surface area contributed by atoms with Gasteiger partial charge in [0.1, 0.15) is 0 Å². The lowest BCUT2D eigenvalue weighted by atomic mass is 9.53. The van der Waals surface area contributed by atoms with E-state index in [9.17, 15) is 4.79 Å². The van der Waals surface area contributed by atoms with Crippen LogP contribution in [0, 0.1) is 11.8 Å². The van der Waals surface area contributed by atoms with Crippen molar-refractivity contribution < 1.29 is 9.53 Å². The molecule has 0 radical (unpaired) electrons. The minimum absolute atomic E-state index is 0.0724. The maximum absolute atomic E-state index is 12.7. The van der Waals surface area contributed by atoms with Crippen LogP contribution in [0.1, 0.15) is 18.9 Å². The first-order valence-corrected chi connectivity index (χ1v) is 7.48. The molecule has 1 saturated heterocycles. The highest BCUT2D eigenvalue weighted by Crippen LogP contribution is 2.60. The molecule has 5 rings (SSSR count). The number of carbonyl (C=O) groups is 1. The fraction of sp³-hybridized carbons (Fsp3) is 0.438. The molecule has 1 aromatic rings. The lowest BCUT2D eigenvalue weighted by molar-refractivity contribution is -0.135. The Kier molecular flexibility index (Phi) is 2.24. The van der Waals surface area contributed by atoms with Crippen LogP contribution in [0.3, 0.4) is 0 Å². The summed E-state index contributed by atoms with van der Waals surface area (Å²) in [5.74, 6) is 0.394. The smallest absolute Gasteiger partial charge is 0.175 e. The molecule has 2 nitrogen and oxygen atoms in total. The predicted octanol–water partition coefficient (Wildman–Crippen LogP) is 3.21. The standard InChI is InChI=1S/C16H15BrO2/c1-15(10-5-3-2-4-6-10)8-12-13(17)7-11(15)14(18)16(12)9-19-16/h2-7,11-12H,8-9H2,1H3/t11?,12?,15-,16+/m1/s1. The lowest BCUT2D eigenvalue weighted by Crippen LogP contribution is -2.56. The number of hydrogen-bond donors (Lipinski definition) is 0. The van der Waals surface area contributed by atoms with Crippen molar-refractivity contribution in [2.24, 2.45) is 11.8 Å². The average molecular weight is 319 g/mol. The highest BCUT2D eigenvalue weighted by atomic mass is 79.9. The summed E-state index contributed by atoms with van der Waals surface area (Å²) < 4.78 is 6.72. The number of carbonyl (C=O) groups excluding carboxylic acids is 1. The minimum atomic E-state index is -0.494. The van der Waals surface area contributed by atoms with Crippen LogP contribution in [0.2, 0.25) is 0 Å². The maximum atomic E-state index is 12.7. The molecule has 1 aliphatic heterocycles. The molecule has 0 N–H and O–H groups in total. The second-order valence-corrected chi connectivity index (χ2v) is 7.03. The molecule has 19 heavy (non-hydrogen) atoms. The van der Waals surface area contributed by atoms with E-state index >= 15 is 0 Å². The molecule has 0 aromatic heterocycles. The Labute approximate surface area is 121 Å². The van der Waals surface area contributed by atoms with Crippen molar-refractivity contribution in [2.75, 3.05) is 6.61 Å².